The maximum absolute atomic E-state index is 13.1. The summed E-state index contributed by atoms with van der Waals surface area (Å²) in [6.45, 7) is 2.71. The number of esters is 1. The van der Waals surface area contributed by atoms with Gasteiger partial charge in [-0.05, 0) is 66.5 Å². The molecule has 0 spiro atoms. The quantitative estimate of drug-likeness (QED) is 0.248. The second-order valence-electron chi connectivity index (χ2n) is 9.24. The predicted octanol–water partition coefficient (Wildman–Crippen LogP) is 4.81. The molecule has 4 aromatic rings. The van der Waals surface area contributed by atoms with E-state index in [1.54, 1.807) is 40.9 Å². The summed E-state index contributed by atoms with van der Waals surface area (Å²) in [5.74, 6) is 0.427. The third-order valence-electron chi connectivity index (χ3n) is 6.77. The Bertz CT molecular complexity index is 1550. The number of amides is 1. The fraction of sp³-hybridized carbons (Fsp3) is 0.267. The molecule has 194 valence electrons. The number of benzene rings is 2. The Morgan fingerprint density at radius 2 is 1.92 bits per heavy atom. The van der Waals surface area contributed by atoms with E-state index in [1.165, 1.54) is 0 Å². The lowest BCUT2D eigenvalue weighted by molar-refractivity contribution is -0.144. The maximum atomic E-state index is 13.1. The molecule has 1 aliphatic carbocycles. The number of hydrogen-bond acceptors (Lipinski definition) is 6. The van der Waals surface area contributed by atoms with E-state index in [0.717, 1.165) is 34.6 Å². The lowest BCUT2D eigenvalue weighted by Gasteiger charge is -2.14. The first-order valence-corrected chi connectivity index (χ1v) is 14.1. The summed E-state index contributed by atoms with van der Waals surface area (Å²) >= 11 is 1.63. The van der Waals surface area contributed by atoms with Crippen molar-refractivity contribution in [2.24, 2.45) is 5.92 Å². The number of nitrogens with zero attached hydrogens (tertiary/aromatic N) is 2. The van der Waals surface area contributed by atoms with Crippen LogP contribution >= 0.6 is 11.8 Å². The molecule has 0 aliphatic heterocycles. The molecule has 7 nitrogen and oxygen atoms in total. The summed E-state index contributed by atoms with van der Waals surface area (Å²) in [4.78, 5) is 42.5. The summed E-state index contributed by atoms with van der Waals surface area (Å²) in [7, 11) is 0. The first-order chi connectivity index (χ1) is 18.5. The van der Waals surface area contributed by atoms with Gasteiger partial charge in [-0.25, -0.2) is 4.98 Å². The first-order valence-electron chi connectivity index (χ1n) is 12.7. The minimum absolute atomic E-state index is 0.0441. The molecule has 1 fully saturated rings. The van der Waals surface area contributed by atoms with E-state index >= 15 is 0 Å². The molecule has 1 saturated carbocycles. The number of ether oxygens (including phenoxy) is 1. The molecule has 5 rings (SSSR count). The van der Waals surface area contributed by atoms with Crippen LogP contribution in [0.2, 0.25) is 0 Å². The van der Waals surface area contributed by atoms with Gasteiger partial charge >= 0.3 is 5.97 Å². The Labute approximate surface area is 225 Å². The average Bonchev–Trinajstić information content (AvgIpc) is 3.75. The van der Waals surface area contributed by atoms with Crippen LogP contribution in [0.4, 0.5) is 0 Å². The van der Waals surface area contributed by atoms with Crippen molar-refractivity contribution in [2.45, 2.75) is 19.3 Å². The zero-order chi connectivity index (χ0) is 26.6. The summed E-state index contributed by atoms with van der Waals surface area (Å²) in [5, 5.41) is 3.22. The number of thioether (sulfide) groups is 1. The number of nitrogens with one attached hydrogen (secondary N) is 1. The third kappa shape index (κ3) is 5.22. The van der Waals surface area contributed by atoms with Crippen LogP contribution < -0.4 is 10.7 Å². The predicted molar refractivity (Wildman–Crippen MR) is 151 cm³/mol. The number of carbonyl (C=O) groups is 2. The zero-order valence-electron chi connectivity index (χ0n) is 21.3. The van der Waals surface area contributed by atoms with Gasteiger partial charge in [0.15, 0.2) is 0 Å². The first kappa shape index (κ1) is 25.7. The number of fused-ring (bicyclic) bond motifs is 1. The number of aromatic nitrogens is 2. The monoisotopic (exact) mass is 527 g/mol. The van der Waals surface area contributed by atoms with Crippen molar-refractivity contribution in [2.75, 3.05) is 25.2 Å². The second kappa shape index (κ2) is 11.2. The van der Waals surface area contributed by atoms with Crippen molar-refractivity contribution in [1.29, 1.82) is 0 Å². The lowest BCUT2D eigenvalue weighted by Crippen LogP contribution is -2.31. The van der Waals surface area contributed by atoms with Gasteiger partial charge in [0.25, 0.3) is 5.91 Å². The highest BCUT2D eigenvalue weighted by atomic mass is 32.2. The van der Waals surface area contributed by atoms with Crippen LogP contribution in [-0.2, 0) is 9.53 Å². The van der Waals surface area contributed by atoms with Crippen LogP contribution in [-0.4, -0.2) is 46.6 Å². The molecular weight excluding hydrogens is 498 g/mol. The lowest BCUT2D eigenvalue weighted by atomic mass is 10.0. The Balaban J connectivity index is 1.46. The van der Waals surface area contributed by atoms with Crippen LogP contribution in [0.15, 0.2) is 77.9 Å². The molecule has 0 radical (unpaired) electrons. The number of hydrogen-bond donors (Lipinski definition) is 1. The van der Waals surface area contributed by atoms with Crippen LogP contribution in [0.25, 0.3) is 27.8 Å². The molecule has 1 amide bonds. The van der Waals surface area contributed by atoms with Gasteiger partial charge in [-0.15, -0.1) is 0 Å². The highest BCUT2D eigenvalue weighted by molar-refractivity contribution is 7.98. The van der Waals surface area contributed by atoms with Gasteiger partial charge in [0, 0.05) is 30.4 Å². The van der Waals surface area contributed by atoms with Crippen LogP contribution in [0.5, 0.6) is 0 Å². The Kier molecular flexibility index (Phi) is 7.60. The second-order valence-corrected chi connectivity index (χ2v) is 10.2. The summed E-state index contributed by atoms with van der Waals surface area (Å²) in [5.41, 5.74) is 4.18. The standard InChI is InChI=1S/C30H29N3O4S/c1-3-37-30(36)25-17-24(25)20-11-9-19(10-12-20)21-6-4-7-22(16-21)33-18-26(29(35)32-14-15-38-2)27(34)23-8-5-13-31-28(23)33/h4-13,16,18,24-25H,3,14-15,17H2,1-2H3,(H,32,35). The maximum Gasteiger partial charge on any atom is 0.309 e. The Morgan fingerprint density at radius 3 is 2.68 bits per heavy atom. The molecule has 1 N–H and O–H groups in total. The summed E-state index contributed by atoms with van der Waals surface area (Å²) < 4.78 is 6.96. The van der Waals surface area contributed by atoms with E-state index in [1.807, 2.05) is 37.4 Å². The molecule has 1 aliphatic rings. The number of rotatable bonds is 9. The van der Waals surface area contributed by atoms with Gasteiger partial charge in [0.05, 0.1) is 17.9 Å². The largest absolute Gasteiger partial charge is 0.466 e. The van der Waals surface area contributed by atoms with Gasteiger partial charge < -0.3 is 14.6 Å². The van der Waals surface area contributed by atoms with Gasteiger partial charge in [0.1, 0.15) is 11.2 Å². The fourth-order valence-corrected chi connectivity index (χ4v) is 5.02. The molecule has 2 aromatic carbocycles. The average molecular weight is 528 g/mol. The van der Waals surface area contributed by atoms with E-state index < -0.39 is 5.91 Å². The molecule has 8 heteroatoms. The molecule has 38 heavy (non-hydrogen) atoms. The molecule has 0 saturated heterocycles. The van der Waals surface area contributed by atoms with Crippen LogP contribution in [0.3, 0.4) is 0 Å². The SMILES string of the molecule is CCOC(=O)C1CC1c1ccc(-c2cccc(-n3cc(C(=O)NCCSC)c(=O)c4cccnc43)c2)cc1. The minimum Gasteiger partial charge on any atom is -0.466 e. The smallest absolute Gasteiger partial charge is 0.309 e. The molecule has 2 unspecified atom stereocenters. The number of pyridine rings is 2. The Morgan fingerprint density at radius 1 is 1.11 bits per heavy atom. The zero-order valence-corrected chi connectivity index (χ0v) is 22.2. The van der Waals surface area contributed by atoms with Crippen LogP contribution in [0.1, 0.15) is 35.2 Å². The van der Waals surface area contributed by atoms with Gasteiger partial charge in [-0.3, -0.25) is 14.4 Å². The van der Waals surface area contributed by atoms with E-state index in [0.29, 0.717) is 24.2 Å². The normalized spacial score (nSPS) is 16.3. The fourth-order valence-electron chi connectivity index (χ4n) is 4.71. The molecule has 2 atom stereocenters. The van der Waals surface area contributed by atoms with E-state index in [2.05, 4.69) is 34.6 Å². The van der Waals surface area contributed by atoms with Crippen molar-refractivity contribution in [3.8, 4) is 16.8 Å². The summed E-state index contributed by atoms with van der Waals surface area (Å²) in [6.07, 6.45) is 6.01. The van der Waals surface area contributed by atoms with Crippen molar-refractivity contribution < 1.29 is 14.3 Å². The number of carbonyl (C=O) groups excluding carboxylic acids is 2. The Hall–Kier alpha value is -3.91. The summed E-state index contributed by atoms with van der Waals surface area (Å²) in [6, 6.07) is 19.6. The van der Waals surface area contributed by atoms with E-state index in [9.17, 15) is 14.4 Å². The van der Waals surface area contributed by atoms with Gasteiger partial charge in [-0.2, -0.15) is 11.8 Å². The third-order valence-corrected chi connectivity index (χ3v) is 7.39. The molecule has 0 bridgehead atoms. The van der Waals surface area contributed by atoms with Crippen molar-refractivity contribution in [1.82, 2.24) is 14.9 Å². The van der Waals surface area contributed by atoms with Gasteiger partial charge in [-0.1, -0.05) is 36.4 Å². The highest BCUT2D eigenvalue weighted by Gasteiger charge is 2.45. The van der Waals surface area contributed by atoms with Crippen molar-refractivity contribution in [3.63, 3.8) is 0 Å². The van der Waals surface area contributed by atoms with E-state index in [-0.39, 0.29) is 28.8 Å². The molecule has 2 aromatic heterocycles. The highest BCUT2D eigenvalue weighted by Crippen LogP contribution is 2.48. The van der Waals surface area contributed by atoms with Gasteiger partial charge in [0.2, 0.25) is 5.43 Å². The molecular formula is C30H29N3O4S. The van der Waals surface area contributed by atoms with Crippen molar-refractivity contribution in [3.05, 3.63) is 94.4 Å². The minimum atomic E-state index is -0.392. The topological polar surface area (TPSA) is 90.3 Å². The molecule has 2 heterocycles. The van der Waals surface area contributed by atoms with E-state index in [4.69, 9.17) is 4.74 Å². The van der Waals surface area contributed by atoms with Crippen LogP contribution in [0, 0.1) is 5.92 Å². The van der Waals surface area contributed by atoms with Crippen molar-refractivity contribution >= 4 is 34.7 Å².